The van der Waals surface area contributed by atoms with Crippen molar-refractivity contribution in [1.82, 2.24) is 19.8 Å². The zero-order chi connectivity index (χ0) is 24.9. The topological polar surface area (TPSA) is 98.8 Å². The molecule has 1 aromatic rings. The van der Waals surface area contributed by atoms with E-state index in [0.29, 0.717) is 31.1 Å². The van der Waals surface area contributed by atoms with Crippen molar-refractivity contribution in [2.24, 2.45) is 5.92 Å². The Morgan fingerprint density at radius 2 is 1.76 bits per heavy atom. The van der Waals surface area contributed by atoms with Crippen molar-refractivity contribution in [3.63, 3.8) is 0 Å². The summed E-state index contributed by atoms with van der Waals surface area (Å²) in [7, 11) is -3.90. The summed E-state index contributed by atoms with van der Waals surface area (Å²) in [6.07, 6.45) is 6.19. The van der Waals surface area contributed by atoms with Gasteiger partial charge >= 0.3 is 6.03 Å². The van der Waals surface area contributed by atoms with Crippen LogP contribution in [0.4, 0.5) is 4.79 Å². The average Bonchev–Trinajstić information content (AvgIpc) is 2.82. The van der Waals surface area contributed by atoms with Crippen LogP contribution in [0.5, 0.6) is 0 Å². The van der Waals surface area contributed by atoms with Gasteiger partial charge in [0.25, 0.3) is 0 Å². The fraction of sp³-hybridized carbons (Fsp3) is 0.667. The number of carbonyl (C=O) groups excluding carboxylic acids is 2. The number of urea groups is 1. The highest BCUT2D eigenvalue weighted by Gasteiger charge is 2.37. The fourth-order valence-corrected chi connectivity index (χ4v) is 6.08. The lowest BCUT2D eigenvalue weighted by molar-refractivity contribution is -0.136. The summed E-state index contributed by atoms with van der Waals surface area (Å²) >= 11 is 5.89. The van der Waals surface area contributed by atoms with Gasteiger partial charge in [0.15, 0.2) is 0 Å². The first-order valence-electron chi connectivity index (χ1n) is 12.3. The lowest BCUT2D eigenvalue weighted by Crippen LogP contribution is -2.61. The Morgan fingerprint density at radius 1 is 1.12 bits per heavy atom. The quantitative estimate of drug-likeness (QED) is 0.583. The van der Waals surface area contributed by atoms with Crippen LogP contribution in [0.1, 0.15) is 59.3 Å². The zero-order valence-electron chi connectivity index (χ0n) is 20.3. The van der Waals surface area contributed by atoms with E-state index in [0.717, 1.165) is 25.7 Å². The highest BCUT2D eigenvalue weighted by Crippen LogP contribution is 2.21. The van der Waals surface area contributed by atoms with Crippen LogP contribution in [0, 0.1) is 5.92 Å². The van der Waals surface area contributed by atoms with E-state index in [1.165, 1.54) is 30.7 Å². The van der Waals surface area contributed by atoms with Crippen molar-refractivity contribution in [3.8, 4) is 0 Å². The van der Waals surface area contributed by atoms with Crippen molar-refractivity contribution in [3.05, 3.63) is 29.3 Å². The van der Waals surface area contributed by atoms with Gasteiger partial charge in [-0.05, 0) is 49.9 Å². The average molecular weight is 513 g/mol. The molecule has 2 fully saturated rings. The van der Waals surface area contributed by atoms with Gasteiger partial charge < -0.3 is 15.1 Å². The minimum absolute atomic E-state index is 0.0653. The van der Waals surface area contributed by atoms with Gasteiger partial charge in [-0.25, -0.2) is 13.2 Å². The predicted octanol–water partition coefficient (Wildman–Crippen LogP) is 3.61. The van der Waals surface area contributed by atoms with Crippen molar-refractivity contribution in [2.45, 2.75) is 82.3 Å². The number of amides is 3. The molecule has 1 aliphatic heterocycles. The number of carbonyl (C=O) groups is 2. The fourth-order valence-electron chi connectivity index (χ4n) is 4.66. The van der Waals surface area contributed by atoms with Crippen LogP contribution in [0.25, 0.3) is 0 Å². The number of sulfonamides is 1. The summed E-state index contributed by atoms with van der Waals surface area (Å²) in [6, 6.07) is 4.97. The summed E-state index contributed by atoms with van der Waals surface area (Å²) in [5.41, 5.74) is 0. The lowest BCUT2D eigenvalue weighted by Gasteiger charge is -2.42. The Bertz CT molecular complexity index is 950. The van der Waals surface area contributed by atoms with Gasteiger partial charge in [0, 0.05) is 36.7 Å². The number of benzene rings is 1. The zero-order valence-corrected chi connectivity index (χ0v) is 21.9. The van der Waals surface area contributed by atoms with Gasteiger partial charge in [-0.2, -0.15) is 4.72 Å². The van der Waals surface area contributed by atoms with E-state index in [9.17, 15) is 18.0 Å². The highest BCUT2D eigenvalue weighted by atomic mass is 35.5. The number of nitrogens with zero attached hydrogens (tertiary/aromatic N) is 2. The maximum atomic E-state index is 13.5. The summed E-state index contributed by atoms with van der Waals surface area (Å²) < 4.78 is 28.6. The molecule has 190 valence electrons. The molecule has 0 aromatic heterocycles. The molecule has 3 amide bonds. The van der Waals surface area contributed by atoms with Crippen molar-refractivity contribution < 1.29 is 18.0 Å². The SMILES string of the molecule is CCC(C)C(NS(=O)(=O)c1ccc(Cl)cc1)C(=O)N1CCN(C(=O)NC2CCCCC2)C(C)C1. The van der Waals surface area contributed by atoms with Crippen LogP contribution in [-0.4, -0.2) is 67.9 Å². The van der Waals surface area contributed by atoms with Crippen LogP contribution in [-0.2, 0) is 14.8 Å². The van der Waals surface area contributed by atoms with Gasteiger partial charge in [-0.1, -0.05) is 51.1 Å². The molecule has 0 spiro atoms. The second kappa shape index (κ2) is 11.7. The van der Waals surface area contributed by atoms with E-state index in [1.54, 1.807) is 9.80 Å². The standard InChI is InChI=1S/C24H37ClN4O4S/c1-4-17(2)22(27-34(32,33)21-12-10-19(25)11-13-21)23(30)28-14-15-29(18(3)16-28)24(31)26-20-8-6-5-7-9-20/h10-13,17-18,20,22,27H,4-9,14-16H2,1-3H3,(H,26,31). The molecule has 1 saturated heterocycles. The second-order valence-electron chi connectivity index (χ2n) is 9.55. The molecule has 3 rings (SSSR count). The van der Waals surface area contributed by atoms with Crippen molar-refractivity contribution in [1.29, 1.82) is 0 Å². The molecule has 0 radical (unpaired) electrons. The molecule has 8 nitrogen and oxygen atoms in total. The maximum absolute atomic E-state index is 13.5. The van der Waals surface area contributed by atoms with E-state index in [4.69, 9.17) is 11.6 Å². The third kappa shape index (κ3) is 6.64. The monoisotopic (exact) mass is 512 g/mol. The van der Waals surface area contributed by atoms with Gasteiger partial charge in [0.1, 0.15) is 6.04 Å². The molecular weight excluding hydrogens is 476 g/mol. The first kappa shape index (κ1) is 26.8. The van der Waals surface area contributed by atoms with E-state index in [-0.39, 0.29) is 34.8 Å². The summed E-state index contributed by atoms with van der Waals surface area (Å²) in [5, 5.41) is 3.59. The number of hydrogen-bond donors (Lipinski definition) is 2. The predicted molar refractivity (Wildman–Crippen MR) is 133 cm³/mol. The normalized spacial score (nSPS) is 21.7. The van der Waals surface area contributed by atoms with Crippen molar-refractivity contribution in [2.75, 3.05) is 19.6 Å². The first-order chi connectivity index (χ1) is 16.1. The Hall–Kier alpha value is -1.84. The van der Waals surface area contributed by atoms with Crippen LogP contribution in [0.3, 0.4) is 0 Å². The molecule has 1 saturated carbocycles. The number of hydrogen-bond acceptors (Lipinski definition) is 4. The van der Waals surface area contributed by atoms with Crippen LogP contribution in [0.15, 0.2) is 29.2 Å². The van der Waals surface area contributed by atoms with E-state index in [1.807, 2.05) is 20.8 Å². The molecule has 0 bridgehead atoms. The Balaban J connectivity index is 1.65. The molecule has 3 unspecified atom stereocenters. The minimum Gasteiger partial charge on any atom is -0.337 e. The molecule has 1 aliphatic carbocycles. The van der Waals surface area contributed by atoms with E-state index < -0.39 is 16.1 Å². The van der Waals surface area contributed by atoms with Gasteiger partial charge in [-0.15, -0.1) is 0 Å². The Kier molecular flexibility index (Phi) is 9.23. The smallest absolute Gasteiger partial charge is 0.317 e. The van der Waals surface area contributed by atoms with Gasteiger partial charge in [0.05, 0.1) is 4.90 Å². The van der Waals surface area contributed by atoms with Crippen LogP contribution < -0.4 is 10.0 Å². The third-order valence-electron chi connectivity index (χ3n) is 7.02. The van der Waals surface area contributed by atoms with Crippen molar-refractivity contribution >= 4 is 33.6 Å². The molecule has 3 atom stereocenters. The van der Waals surface area contributed by atoms with E-state index >= 15 is 0 Å². The molecule has 1 heterocycles. The number of piperazine rings is 1. The van der Waals surface area contributed by atoms with Gasteiger partial charge in [0.2, 0.25) is 15.9 Å². The summed E-state index contributed by atoms with van der Waals surface area (Å²) in [6.45, 7) is 6.88. The molecule has 2 N–H and O–H groups in total. The number of halogens is 1. The lowest BCUT2D eigenvalue weighted by atomic mass is 9.95. The Morgan fingerprint density at radius 3 is 2.35 bits per heavy atom. The molecule has 1 aromatic carbocycles. The van der Waals surface area contributed by atoms with E-state index in [2.05, 4.69) is 10.0 Å². The van der Waals surface area contributed by atoms with Crippen LogP contribution in [0.2, 0.25) is 5.02 Å². The minimum atomic E-state index is -3.90. The molecule has 2 aliphatic rings. The second-order valence-corrected chi connectivity index (χ2v) is 11.7. The molecular formula is C24H37ClN4O4S. The number of rotatable bonds is 7. The molecule has 10 heteroatoms. The summed E-state index contributed by atoms with van der Waals surface area (Å²) in [5.74, 6) is -0.455. The first-order valence-corrected chi connectivity index (χ1v) is 14.1. The Labute approximate surface area is 208 Å². The maximum Gasteiger partial charge on any atom is 0.317 e. The largest absolute Gasteiger partial charge is 0.337 e. The third-order valence-corrected chi connectivity index (χ3v) is 8.73. The van der Waals surface area contributed by atoms with Gasteiger partial charge in [-0.3, -0.25) is 4.79 Å². The molecule has 34 heavy (non-hydrogen) atoms. The van der Waals surface area contributed by atoms with Crippen LogP contribution >= 0.6 is 11.6 Å². The number of nitrogens with one attached hydrogen (secondary N) is 2. The summed E-state index contributed by atoms with van der Waals surface area (Å²) in [4.78, 5) is 29.8. The highest BCUT2D eigenvalue weighted by molar-refractivity contribution is 7.89.